The van der Waals surface area contributed by atoms with Crippen molar-refractivity contribution >= 4 is 11.6 Å². The number of anilines is 1. The summed E-state index contributed by atoms with van der Waals surface area (Å²) in [5.41, 5.74) is 2.61. The Morgan fingerprint density at radius 1 is 1.10 bits per heavy atom. The van der Waals surface area contributed by atoms with Crippen LogP contribution >= 0.6 is 0 Å². The van der Waals surface area contributed by atoms with Crippen LogP contribution in [-0.2, 0) is 6.54 Å². The van der Waals surface area contributed by atoms with Gasteiger partial charge in [-0.1, -0.05) is 0 Å². The van der Waals surface area contributed by atoms with Crippen molar-refractivity contribution in [2.24, 2.45) is 5.92 Å². The van der Waals surface area contributed by atoms with Crippen molar-refractivity contribution in [3.63, 3.8) is 0 Å². The molecule has 0 bridgehead atoms. The second-order valence-corrected chi connectivity index (χ2v) is 7.63. The molecule has 5 heterocycles. The first-order chi connectivity index (χ1) is 14.7. The minimum Gasteiger partial charge on any atom is -0.356 e. The number of piperidine rings is 1. The van der Waals surface area contributed by atoms with Gasteiger partial charge in [-0.25, -0.2) is 9.67 Å². The van der Waals surface area contributed by atoms with E-state index in [9.17, 15) is 4.79 Å². The molecule has 9 nitrogen and oxygen atoms in total. The summed E-state index contributed by atoms with van der Waals surface area (Å²) in [5, 5.41) is 8.90. The van der Waals surface area contributed by atoms with Gasteiger partial charge >= 0.3 is 0 Å². The van der Waals surface area contributed by atoms with E-state index < -0.39 is 0 Å². The number of rotatable bonds is 4. The molecule has 4 aromatic heterocycles. The van der Waals surface area contributed by atoms with Gasteiger partial charge in [0.15, 0.2) is 0 Å². The van der Waals surface area contributed by atoms with E-state index in [1.165, 1.54) is 6.33 Å². The fourth-order valence-corrected chi connectivity index (χ4v) is 3.98. The lowest BCUT2D eigenvalue weighted by molar-refractivity contribution is 0.334. The van der Waals surface area contributed by atoms with Crippen LogP contribution in [0.1, 0.15) is 18.5 Å². The van der Waals surface area contributed by atoms with Gasteiger partial charge in [-0.05, 0) is 43.9 Å². The van der Waals surface area contributed by atoms with Crippen LogP contribution in [0.3, 0.4) is 0 Å². The van der Waals surface area contributed by atoms with Crippen LogP contribution in [0.25, 0.3) is 17.0 Å². The predicted octanol–water partition coefficient (Wildman–Crippen LogP) is 1.97. The maximum atomic E-state index is 12.4. The minimum atomic E-state index is -0.0654. The largest absolute Gasteiger partial charge is 0.356 e. The SMILES string of the molecule is Cc1cc(N2CCC(Cn3nc(-c4ccncc4)ccc3=O)CC2)n2ncnc2n1. The average Bonchev–Trinajstić information content (AvgIpc) is 3.24. The van der Waals surface area contributed by atoms with Crippen LogP contribution in [-0.4, -0.2) is 47.4 Å². The second kappa shape index (κ2) is 7.66. The molecule has 1 saturated heterocycles. The summed E-state index contributed by atoms with van der Waals surface area (Å²) in [5.74, 6) is 2.03. The fraction of sp³-hybridized carbons (Fsp3) is 0.333. The van der Waals surface area contributed by atoms with Crippen molar-refractivity contribution in [3.8, 4) is 11.3 Å². The summed E-state index contributed by atoms with van der Waals surface area (Å²) in [6.45, 7) is 4.38. The highest BCUT2D eigenvalue weighted by molar-refractivity contribution is 5.57. The molecule has 0 spiro atoms. The highest BCUT2D eigenvalue weighted by Gasteiger charge is 2.23. The van der Waals surface area contributed by atoms with E-state index in [2.05, 4.69) is 30.0 Å². The number of nitrogens with zero attached hydrogens (tertiary/aromatic N) is 8. The maximum absolute atomic E-state index is 12.4. The number of aromatic nitrogens is 7. The van der Waals surface area contributed by atoms with Gasteiger partial charge in [-0.3, -0.25) is 9.78 Å². The van der Waals surface area contributed by atoms with E-state index in [1.807, 2.05) is 25.1 Å². The predicted molar refractivity (Wildman–Crippen MR) is 112 cm³/mol. The summed E-state index contributed by atoms with van der Waals surface area (Å²) >= 11 is 0. The zero-order valence-electron chi connectivity index (χ0n) is 16.7. The van der Waals surface area contributed by atoms with Crippen LogP contribution < -0.4 is 10.5 Å². The normalized spacial score (nSPS) is 15.0. The summed E-state index contributed by atoms with van der Waals surface area (Å²) in [6, 6.07) is 9.21. The zero-order valence-corrected chi connectivity index (χ0v) is 16.7. The molecule has 1 aliphatic rings. The van der Waals surface area contributed by atoms with Crippen molar-refractivity contribution in [3.05, 3.63) is 65.1 Å². The van der Waals surface area contributed by atoms with Crippen molar-refractivity contribution in [1.82, 2.24) is 34.3 Å². The monoisotopic (exact) mass is 402 g/mol. The molecule has 0 saturated carbocycles. The molecule has 9 heteroatoms. The second-order valence-electron chi connectivity index (χ2n) is 7.63. The van der Waals surface area contributed by atoms with Crippen molar-refractivity contribution in [2.45, 2.75) is 26.3 Å². The Labute approximate surface area is 173 Å². The number of hydrogen-bond acceptors (Lipinski definition) is 7. The molecular weight excluding hydrogens is 380 g/mol. The Kier molecular flexibility index (Phi) is 4.70. The summed E-state index contributed by atoms with van der Waals surface area (Å²) in [4.78, 5) is 27.4. The smallest absolute Gasteiger partial charge is 0.266 e. The van der Waals surface area contributed by atoms with E-state index in [-0.39, 0.29) is 5.56 Å². The van der Waals surface area contributed by atoms with Gasteiger partial charge < -0.3 is 4.90 Å². The lowest BCUT2D eigenvalue weighted by Gasteiger charge is -2.33. The average molecular weight is 402 g/mol. The fourth-order valence-electron chi connectivity index (χ4n) is 3.98. The first kappa shape index (κ1) is 18.4. The number of hydrogen-bond donors (Lipinski definition) is 0. The Bertz CT molecular complexity index is 1220. The third-order valence-electron chi connectivity index (χ3n) is 5.57. The Hall–Kier alpha value is -3.62. The van der Waals surface area contributed by atoms with Gasteiger partial charge in [0.05, 0.1) is 5.69 Å². The number of pyridine rings is 1. The van der Waals surface area contributed by atoms with Gasteiger partial charge in [0, 0.05) is 55.4 Å². The van der Waals surface area contributed by atoms with Crippen LogP contribution in [0.4, 0.5) is 5.82 Å². The molecule has 30 heavy (non-hydrogen) atoms. The molecule has 0 N–H and O–H groups in total. The molecule has 4 aromatic rings. The van der Waals surface area contributed by atoms with Gasteiger partial charge in [0.1, 0.15) is 12.1 Å². The van der Waals surface area contributed by atoms with Crippen molar-refractivity contribution in [2.75, 3.05) is 18.0 Å². The molecule has 0 aromatic carbocycles. The number of aryl methyl sites for hydroxylation is 1. The van der Waals surface area contributed by atoms with E-state index in [4.69, 9.17) is 0 Å². The van der Waals surface area contributed by atoms with Gasteiger partial charge in [-0.2, -0.15) is 19.7 Å². The Morgan fingerprint density at radius 3 is 2.70 bits per heavy atom. The summed E-state index contributed by atoms with van der Waals surface area (Å²) in [6.07, 6.45) is 6.95. The summed E-state index contributed by atoms with van der Waals surface area (Å²) < 4.78 is 3.39. The molecule has 0 radical (unpaired) electrons. The highest BCUT2D eigenvalue weighted by Crippen LogP contribution is 2.24. The van der Waals surface area contributed by atoms with Crippen LogP contribution in [0.5, 0.6) is 0 Å². The van der Waals surface area contributed by atoms with E-state index in [0.29, 0.717) is 18.2 Å². The third kappa shape index (κ3) is 3.54. The standard InChI is InChI=1S/C21H22N8O/c1-15-12-19(29-21(25-15)23-14-24-29)27-10-6-16(7-11-27)13-28-20(30)3-2-18(26-28)17-4-8-22-9-5-17/h2-5,8-9,12,14,16H,6-7,10-11,13H2,1H3. The van der Waals surface area contributed by atoms with E-state index in [1.54, 1.807) is 33.7 Å². The van der Waals surface area contributed by atoms with E-state index >= 15 is 0 Å². The molecular formula is C21H22N8O. The Morgan fingerprint density at radius 2 is 1.90 bits per heavy atom. The molecule has 1 fully saturated rings. The highest BCUT2D eigenvalue weighted by atomic mass is 16.1. The Balaban J connectivity index is 1.31. The molecule has 152 valence electrons. The van der Waals surface area contributed by atoms with Crippen LogP contribution in [0, 0.1) is 12.8 Å². The quantitative estimate of drug-likeness (QED) is 0.515. The van der Waals surface area contributed by atoms with E-state index in [0.717, 1.165) is 48.7 Å². The molecule has 1 aliphatic heterocycles. The topological polar surface area (TPSA) is 94.1 Å². The lowest BCUT2D eigenvalue weighted by atomic mass is 9.97. The van der Waals surface area contributed by atoms with Gasteiger partial charge in [0.2, 0.25) is 0 Å². The molecule has 0 atom stereocenters. The molecule has 0 aliphatic carbocycles. The number of fused-ring (bicyclic) bond motifs is 1. The molecule has 5 rings (SSSR count). The zero-order chi connectivity index (χ0) is 20.5. The van der Waals surface area contributed by atoms with Crippen LogP contribution in [0.2, 0.25) is 0 Å². The van der Waals surface area contributed by atoms with Gasteiger partial charge in [0.25, 0.3) is 11.3 Å². The first-order valence-electron chi connectivity index (χ1n) is 10.1. The molecule has 0 amide bonds. The van der Waals surface area contributed by atoms with Crippen molar-refractivity contribution in [1.29, 1.82) is 0 Å². The minimum absolute atomic E-state index is 0.0654. The third-order valence-corrected chi connectivity index (χ3v) is 5.57. The molecule has 0 unspecified atom stereocenters. The van der Waals surface area contributed by atoms with Crippen LogP contribution in [0.15, 0.2) is 53.8 Å². The maximum Gasteiger partial charge on any atom is 0.266 e. The first-order valence-corrected chi connectivity index (χ1v) is 10.1. The summed E-state index contributed by atoms with van der Waals surface area (Å²) in [7, 11) is 0. The van der Waals surface area contributed by atoms with Gasteiger partial charge in [-0.15, -0.1) is 0 Å². The lowest BCUT2D eigenvalue weighted by Crippen LogP contribution is -2.37. The van der Waals surface area contributed by atoms with Crippen molar-refractivity contribution < 1.29 is 0 Å².